The zero-order chi connectivity index (χ0) is 21.9. The highest BCUT2D eigenvalue weighted by Crippen LogP contribution is 2.36. The van der Waals surface area contributed by atoms with Crippen LogP contribution in [0.15, 0.2) is 46.6 Å². The van der Waals surface area contributed by atoms with Gasteiger partial charge >= 0.3 is 5.97 Å². The average Bonchev–Trinajstić information content (AvgIpc) is 2.63. The summed E-state index contributed by atoms with van der Waals surface area (Å²) in [6.45, 7) is 9.34. The highest BCUT2D eigenvalue weighted by Gasteiger charge is 2.35. The first-order chi connectivity index (χ1) is 13.5. The van der Waals surface area contributed by atoms with E-state index in [9.17, 15) is 24.6 Å². The van der Waals surface area contributed by atoms with Crippen molar-refractivity contribution in [1.82, 2.24) is 0 Å². The van der Waals surface area contributed by atoms with Gasteiger partial charge in [-0.1, -0.05) is 22.8 Å². The number of rotatable bonds is 6. The van der Waals surface area contributed by atoms with E-state index in [0.29, 0.717) is 0 Å². The van der Waals surface area contributed by atoms with Crippen LogP contribution in [0.2, 0.25) is 0 Å². The summed E-state index contributed by atoms with van der Waals surface area (Å²) in [5.41, 5.74) is 2.29. The van der Waals surface area contributed by atoms with Crippen LogP contribution in [0.1, 0.15) is 68.2 Å². The van der Waals surface area contributed by atoms with Gasteiger partial charge < -0.3 is 14.9 Å². The molecular weight excluding hydrogens is 372 g/mol. The van der Waals surface area contributed by atoms with Crippen LogP contribution in [0.5, 0.6) is 11.5 Å². The molecule has 6 heteroatoms. The largest absolute Gasteiger partial charge is 0.507 e. The Kier molecular flexibility index (Phi) is 6.80. The van der Waals surface area contributed by atoms with Gasteiger partial charge in [0.15, 0.2) is 11.6 Å². The molecule has 0 amide bonds. The standard InChI is InChI=1S/C23H26O6/c1-12(2)6-9-19(29-20(27)10-14(5)13(3)4)15-11-18(26)21-16(24)7-8-17(25)22(21)23(15)28/h6-8,11,19,24-25H,9-10H2,1-5H3/t19-/m0/s1. The van der Waals surface area contributed by atoms with E-state index in [2.05, 4.69) is 0 Å². The number of hydrogen-bond donors (Lipinski definition) is 2. The molecule has 29 heavy (non-hydrogen) atoms. The third kappa shape index (κ3) is 5.02. The van der Waals surface area contributed by atoms with Crippen LogP contribution in [0.3, 0.4) is 0 Å². The number of carbonyl (C=O) groups excluding carboxylic acids is 3. The number of benzene rings is 1. The van der Waals surface area contributed by atoms with Gasteiger partial charge in [-0.05, 0) is 52.8 Å². The molecule has 0 saturated carbocycles. The van der Waals surface area contributed by atoms with Crippen LogP contribution >= 0.6 is 0 Å². The molecule has 6 nitrogen and oxygen atoms in total. The number of carbonyl (C=O) groups is 3. The van der Waals surface area contributed by atoms with Crippen molar-refractivity contribution in [2.45, 2.75) is 53.6 Å². The summed E-state index contributed by atoms with van der Waals surface area (Å²) in [7, 11) is 0. The Morgan fingerprint density at radius 1 is 1.03 bits per heavy atom. The van der Waals surface area contributed by atoms with Gasteiger partial charge in [0.05, 0.1) is 17.5 Å². The van der Waals surface area contributed by atoms with E-state index in [1.165, 1.54) is 0 Å². The van der Waals surface area contributed by atoms with E-state index < -0.39 is 29.4 Å². The molecule has 0 unspecified atom stereocenters. The van der Waals surface area contributed by atoms with E-state index in [-0.39, 0.29) is 35.3 Å². The normalized spacial score (nSPS) is 13.9. The molecule has 2 rings (SSSR count). The molecule has 1 aliphatic rings. The molecule has 0 spiro atoms. The predicted molar refractivity (Wildman–Crippen MR) is 109 cm³/mol. The lowest BCUT2D eigenvalue weighted by atomic mass is 9.85. The van der Waals surface area contributed by atoms with E-state index in [1.807, 2.05) is 40.7 Å². The summed E-state index contributed by atoms with van der Waals surface area (Å²) >= 11 is 0. The molecule has 1 aliphatic carbocycles. The van der Waals surface area contributed by atoms with Crippen molar-refractivity contribution in [2.75, 3.05) is 0 Å². The number of aromatic hydroxyl groups is 2. The Labute approximate surface area is 170 Å². The number of ether oxygens (including phenoxy) is 1. The van der Waals surface area contributed by atoms with E-state index >= 15 is 0 Å². The SMILES string of the molecule is CC(C)=CC[C@H](OC(=O)CC(C)=C(C)C)C1=CC(=O)c2c(O)ccc(O)c2C1=O. The van der Waals surface area contributed by atoms with Gasteiger partial charge in [0.2, 0.25) is 0 Å². The Morgan fingerprint density at radius 2 is 1.62 bits per heavy atom. The van der Waals surface area contributed by atoms with Crippen LogP contribution in [-0.2, 0) is 9.53 Å². The number of hydrogen-bond acceptors (Lipinski definition) is 6. The number of Topliss-reactive ketones (excluding diaryl/α,β-unsaturated/α-hetero) is 1. The average molecular weight is 398 g/mol. The third-order valence-corrected chi connectivity index (χ3v) is 4.81. The number of phenols is 2. The quantitative estimate of drug-likeness (QED) is 0.418. The summed E-state index contributed by atoms with van der Waals surface area (Å²) in [4.78, 5) is 38.0. The minimum Gasteiger partial charge on any atom is -0.507 e. The van der Waals surface area contributed by atoms with Crippen LogP contribution < -0.4 is 0 Å². The fraction of sp³-hybridized carbons (Fsp3) is 0.348. The van der Waals surface area contributed by atoms with Crippen LogP contribution in [0, 0.1) is 0 Å². The van der Waals surface area contributed by atoms with E-state index in [0.717, 1.165) is 34.9 Å². The molecular formula is C23H26O6. The van der Waals surface area contributed by atoms with Gasteiger partial charge in [-0.3, -0.25) is 14.4 Å². The van der Waals surface area contributed by atoms with Crippen molar-refractivity contribution in [3.63, 3.8) is 0 Å². The van der Waals surface area contributed by atoms with Gasteiger partial charge in [-0.15, -0.1) is 0 Å². The van der Waals surface area contributed by atoms with Crippen molar-refractivity contribution in [2.24, 2.45) is 0 Å². The molecule has 0 radical (unpaired) electrons. The first-order valence-corrected chi connectivity index (χ1v) is 9.34. The number of esters is 1. The first kappa shape index (κ1) is 22.1. The second-order valence-electron chi connectivity index (χ2n) is 7.60. The molecule has 0 heterocycles. The summed E-state index contributed by atoms with van der Waals surface area (Å²) in [5, 5.41) is 20.1. The van der Waals surface area contributed by atoms with Crippen LogP contribution in [0.25, 0.3) is 0 Å². The summed E-state index contributed by atoms with van der Waals surface area (Å²) < 4.78 is 5.56. The third-order valence-electron chi connectivity index (χ3n) is 4.81. The summed E-state index contributed by atoms with van der Waals surface area (Å²) in [6, 6.07) is 2.30. The maximum absolute atomic E-state index is 13.0. The Morgan fingerprint density at radius 3 is 2.17 bits per heavy atom. The molecule has 0 aliphatic heterocycles. The van der Waals surface area contributed by atoms with Crippen molar-refractivity contribution in [3.8, 4) is 11.5 Å². The molecule has 2 N–H and O–H groups in total. The molecule has 0 saturated heterocycles. The van der Waals surface area contributed by atoms with Crippen molar-refractivity contribution < 1.29 is 29.3 Å². The first-order valence-electron chi connectivity index (χ1n) is 9.34. The van der Waals surface area contributed by atoms with Crippen molar-refractivity contribution in [1.29, 1.82) is 0 Å². The minimum atomic E-state index is -0.978. The van der Waals surface area contributed by atoms with Gasteiger partial charge in [-0.25, -0.2) is 0 Å². The van der Waals surface area contributed by atoms with Gasteiger partial charge in [0, 0.05) is 12.0 Å². The van der Waals surface area contributed by atoms with Gasteiger partial charge in [0.1, 0.15) is 17.6 Å². The lowest BCUT2D eigenvalue weighted by Gasteiger charge is -2.23. The predicted octanol–water partition coefficient (Wildman–Crippen LogP) is 4.42. The fourth-order valence-corrected chi connectivity index (χ4v) is 2.90. The number of phenolic OH excluding ortho intramolecular Hbond substituents is 2. The zero-order valence-electron chi connectivity index (χ0n) is 17.3. The second kappa shape index (κ2) is 8.90. The van der Waals surface area contributed by atoms with Crippen LogP contribution in [-0.4, -0.2) is 33.9 Å². The highest BCUT2D eigenvalue weighted by atomic mass is 16.5. The summed E-state index contributed by atoms with van der Waals surface area (Å²) in [5.74, 6) is -2.57. The lowest BCUT2D eigenvalue weighted by Crippen LogP contribution is -2.29. The lowest BCUT2D eigenvalue weighted by molar-refractivity contribution is -0.146. The maximum Gasteiger partial charge on any atom is 0.310 e. The number of allylic oxidation sites excluding steroid dienone is 3. The summed E-state index contributed by atoms with van der Waals surface area (Å²) in [6.07, 6.45) is 2.19. The minimum absolute atomic E-state index is 0.0240. The molecule has 0 aromatic heterocycles. The van der Waals surface area contributed by atoms with Crippen LogP contribution in [0.4, 0.5) is 0 Å². The number of fused-ring (bicyclic) bond motifs is 1. The van der Waals surface area contributed by atoms with Gasteiger partial charge in [-0.2, -0.15) is 0 Å². The fourth-order valence-electron chi connectivity index (χ4n) is 2.90. The van der Waals surface area contributed by atoms with Crippen molar-refractivity contribution in [3.05, 3.63) is 57.7 Å². The van der Waals surface area contributed by atoms with E-state index in [1.54, 1.807) is 0 Å². The molecule has 0 bridgehead atoms. The Bertz CT molecular complexity index is 954. The molecule has 1 aromatic rings. The maximum atomic E-state index is 13.0. The van der Waals surface area contributed by atoms with E-state index in [4.69, 9.17) is 4.74 Å². The molecule has 154 valence electrons. The van der Waals surface area contributed by atoms with Crippen molar-refractivity contribution >= 4 is 17.5 Å². The highest BCUT2D eigenvalue weighted by molar-refractivity contribution is 6.27. The smallest absolute Gasteiger partial charge is 0.310 e. The number of ketones is 2. The monoisotopic (exact) mass is 398 g/mol. The molecule has 1 atom stereocenters. The molecule has 1 aromatic carbocycles. The zero-order valence-corrected chi connectivity index (χ0v) is 17.3. The van der Waals surface area contributed by atoms with Gasteiger partial charge in [0.25, 0.3) is 0 Å². The molecule has 0 fully saturated rings. The Balaban J connectivity index is 2.43. The second-order valence-corrected chi connectivity index (χ2v) is 7.60. The topological polar surface area (TPSA) is 101 Å². The Hall–Kier alpha value is -3.15.